The molecule has 0 spiro atoms. The Morgan fingerprint density at radius 1 is 0.960 bits per heavy atom. The summed E-state index contributed by atoms with van der Waals surface area (Å²) in [4.78, 5) is 0. The lowest BCUT2D eigenvalue weighted by atomic mass is 10.1. The molecule has 0 bridgehead atoms. The number of nitrogens with one attached hydrogen (secondary N) is 1. The topological polar surface area (TPSA) is 51.0 Å². The van der Waals surface area contributed by atoms with Crippen molar-refractivity contribution in [1.82, 2.24) is 10.2 Å². The van der Waals surface area contributed by atoms with Crippen LogP contribution in [0, 0.1) is 17.5 Å². The molecule has 0 unspecified atom stereocenters. The van der Waals surface area contributed by atoms with Gasteiger partial charge >= 0.3 is 6.43 Å². The van der Waals surface area contributed by atoms with E-state index in [0.717, 1.165) is 12.1 Å². The number of alkyl halides is 2. The van der Waals surface area contributed by atoms with Crippen molar-refractivity contribution >= 4 is 5.69 Å². The first-order chi connectivity index (χ1) is 11.9. The van der Waals surface area contributed by atoms with E-state index in [1.54, 1.807) is 0 Å². The van der Waals surface area contributed by atoms with Gasteiger partial charge in [-0.25, -0.2) is 13.2 Å². The highest BCUT2D eigenvalue weighted by atomic mass is 19.3. The van der Waals surface area contributed by atoms with Crippen LogP contribution in [0.4, 0.5) is 27.6 Å². The number of anilines is 1. The van der Waals surface area contributed by atoms with Crippen LogP contribution < -0.4 is 5.32 Å². The van der Waals surface area contributed by atoms with Crippen molar-refractivity contribution in [2.75, 3.05) is 5.32 Å². The third-order valence-electron chi connectivity index (χ3n) is 3.33. The minimum atomic E-state index is -2.92. The molecule has 3 aromatic rings. The first-order valence-electron chi connectivity index (χ1n) is 7.03. The lowest BCUT2D eigenvalue weighted by molar-refractivity contribution is 0.116. The molecule has 1 heterocycles. The number of halogens is 5. The van der Waals surface area contributed by atoms with Crippen LogP contribution in [-0.2, 0) is 6.54 Å². The van der Waals surface area contributed by atoms with Gasteiger partial charge in [-0.3, -0.25) is 0 Å². The Bertz CT molecular complexity index is 897. The molecule has 0 atom stereocenters. The minimum Gasteiger partial charge on any atom is -0.415 e. The van der Waals surface area contributed by atoms with Crippen LogP contribution in [0.5, 0.6) is 0 Å². The van der Waals surface area contributed by atoms with E-state index in [2.05, 4.69) is 15.5 Å². The number of rotatable bonds is 5. The molecule has 0 fully saturated rings. The molecule has 0 radical (unpaired) electrons. The molecule has 0 amide bonds. The monoisotopic (exact) mass is 355 g/mol. The molecule has 1 N–H and O–H groups in total. The molecular weight excluding hydrogens is 345 g/mol. The summed E-state index contributed by atoms with van der Waals surface area (Å²) >= 11 is 0. The molecule has 4 nitrogen and oxygen atoms in total. The maximum absolute atomic E-state index is 14.1. The van der Waals surface area contributed by atoms with Crippen LogP contribution in [0.25, 0.3) is 11.5 Å². The van der Waals surface area contributed by atoms with Gasteiger partial charge in [0, 0.05) is 23.7 Å². The van der Waals surface area contributed by atoms with Gasteiger partial charge in [-0.1, -0.05) is 6.07 Å². The molecule has 0 aliphatic heterocycles. The summed E-state index contributed by atoms with van der Waals surface area (Å²) in [6, 6.07) is 6.79. The Balaban J connectivity index is 1.75. The second kappa shape index (κ2) is 6.88. The highest BCUT2D eigenvalue weighted by molar-refractivity contribution is 5.54. The molecule has 0 aliphatic rings. The van der Waals surface area contributed by atoms with Gasteiger partial charge in [-0.15, -0.1) is 10.2 Å². The van der Waals surface area contributed by atoms with Gasteiger partial charge in [-0.2, -0.15) is 8.78 Å². The average Bonchev–Trinajstić information content (AvgIpc) is 3.05. The maximum atomic E-state index is 14.1. The second-order valence-electron chi connectivity index (χ2n) is 5.03. The van der Waals surface area contributed by atoms with Crippen LogP contribution in [0.15, 0.2) is 40.8 Å². The Morgan fingerprint density at radius 3 is 2.40 bits per heavy atom. The summed E-state index contributed by atoms with van der Waals surface area (Å²) < 4.78 is 70.1. The van der Waals surface area contributed by atoms with Gasteiger partial charge in [0.25, 0.3) is 5.89 Å². The summed E-state index contributed by atoms with van der Waals surface area (Å²) in [5.41, 5.74) is 0.332. The fourth-order valence-electron chi connectivity index (χ4n) is 2.09. The smallest absolute Gasteiger partial charge is 0.314 e. The van der Waals surface area contributed by atoms with E-state index < -0.39 is 29.8 Å². The van der Waals surface area contributed by atoms with Crippen LogP contribution in [-0.4, -0.2) is 10.2 Å². The number of hydrogen-bond acceptors (Lipinski definition) is 4. The standard InChI is InChI=1S/C16H10F5N3O/c17-10-3-4-13(12(19)6-10)22-7-9-2-1-8(5-11(9)18)15-23-24-16(25-15)14(20)21/h1-6,14,22H,7H2. The Labute approximate surface area is 138 Å². The fourth-order valence-corrected chi connectivity index (χ4v) is 2.09. The third-order valence-corrected chi connectivity index (χ3v) is 3.33. The zero-order chi connectivity index (χ0) is 18.0. The summed E-state index contributed by atoms with van der Waals surface area (Å²) in [5, 5.41) is 9.23. The molecule has 9 heteroatoms. The van der Waals surface area contributed by atoms with Crippen molar-refractivity contribution in [3.8, 4) is 11.5 Å². The Hall–Kier alpha value is -2.97. The molecule has 3 rings (SSSR count). The third kappa shape index (κ3) is 3.76. The quantitative estimate of drug-likeness (QED) is 0.674. The van der Waals surface area contributed by atoms with Crippen molar-refractivity contribution < 1.29 is 26.4 Å². The lowest BCUT2D eigenvalue weighted by Gasteiger charge is -2.09. The van der Waals surface area contributed by atoms with E-state index in [1.807, 2.05) is 0 Å². The predicted molar refractivity (Wildman–Crippen MR) is 78.3 cm³/mol. The van der Waals surface area contributed by atoms with Gasteiger partial charge in [0.2, 0.25) is 5.89 Å². The average molecular weight is 355 g/mol. The van der Waals surface area contributed by atoms with Gasteiger partial charge in [0.1, 0.15) is 17.5 Å². The summed E-state index contributed by atoms with van der Waals surface area (Å²) in [6.07, 6.45) is -2.92. The van der Waals surface area contributed by atoms with E-state index >= 15 is 0 Å². The molecule has 0 saturated carbocycles. The Kier molecular flexibility index (Phi) is 4.64. The normalized spacial score (nSPS) is 11.1. The molecule has 1 aromatic heterocycles. The van der Waals surface area contributed by atoms with Crippen LogP contribution in [0.2, 0.25) is 0 Å². The van der Waals surface area contributed by atoms with Crippen molar-refractivity contribution in [3.05, 3.63) is 65.3 Å². The van der Waals surface area contributed by atoms with Crippen LogP contribution >= 0.6 is 0 Å². The highest BCUT2D eigenvalue weighted by Crippen LogP contribution is 2.25. The van der Waals surface area contributed by atoms with Crippen molar-refractivity contribution in [3.63, 3.8) is 0 Å². The molecule has 130 valence electrons. The minimum absolute atomic E-state index is 0.0170. The van der Waals surface area contributed by atoms with Gasteiger partial charge in [-0.05, 0) is 24.3 Å². The number of hydrogen-bond donors (Lipinski definition) is 1. The van der Waals surface area contributed by atoms with E-state index in [-0.39, 0.29) is 29.2 Å². The Morgan fingerprint density at radius 2 is 1.76 bits per heavy atom. The molecule has 2 aromatic carbocycles. The molecular formula is C16H10F5N3O. The molecule has 25 heavy (non-hydrogen) atoms. The van der Waals surface area contributed by atoms with Crippen LogP contribution in [0.1, 0.15) is 17.9 Å². The highest BCUT2D eigenvalue weighted by Gasteiger charge is 2.17. The zero-order valence-electron chi connectivity index (χ0n) is 12.4. The zero-order valence-corrected chi connectivity index (χ0v) is 12.4. The van der Waals surface area contributed by atoms with Crippen molar-refractivity contribution in [2.24, 2.45) is 0 Å². The summed E-state index contributed by atoms with van der Waals surface area (Å²) in [6.45, 7) is -0.0687. The van der Waals surface area contributed by atoms with Gasteiger partial charge in [0.15, 0.2) is 0 Å². The van der Waals surface area contributed by atoms with E-state index in [1.165, 1.54) is 18.2 Å². The summed E-state index contributed by atoms with van der Waals surface area (Å²) in [5.74, 6) is -3.29. The molecule has 0 saturated heterocycles. The van der Waals surface area contributed by atoms with Crippen molar-refractivity contribution in [2.45, 2.75) is 13.0 Å². The largest absolute Gasteiger partial charge is 0.415 e. The fraction of sp³-hybridized carbons (Fsp3) is 0.125. The summed E-state index contributed by atoms with van der Waals surface area (Å²) in [7, 11) is 0. The molecule has 0 aliphatic carbocycles. The number of nitrogens with zero attached hydrogens (tertiary/aromatic N) is 2. The maximum Gasteiger partial charge on any atom is 0.314 e. The van der Waals surface area contributed by atoms with Crippen LogP contribution in [0.3, 0.4) is 0 Å². The van der Waals surface area contributed by atoms with E-state index in [4.69, 9.17) is 4.42 Å². The second-order valence-corrected chi connectivity index (χ2v) is 5.03. The van der Waals surface area contributed by atoms with Gasteiger partial charge < -0.3 is 9.73 Å². The SMILES string of the molecule is Fc1ccc(NCc2ccc(-c3nnc(C(F)F)o3)cc2F)c(F)c1. The van der Waals surface area contributed by atoms with E-state index in [0.29, 0.717) is 6.07 Å². The van der Waals surface area contributed by atoms with Crippen molar-refractivity contribution in [1.29, 1.82) is 0 Å². The lowest BCUT2D eigenvalue weighted by Crippen LogP contribution is -2.04. The van der Waals surface area contributed by atoms with Gasteiger partial charge in [0.05, 0.1) is 5.69 Å². The number of aromatic nitrogens is 2. The number of benzene rings is 2. The predicted octanol–water partition coefficient (Wildman–Crippen LogP) is 4.70. The first-order valence-corrected chi connectivity index (χ1v) is 7.03. The van der Waals surface area contributed by atoms with E-state index in [9.17, 15) is 22.0 Å². The first kappa shape index (κ1) is 16.9.